The molecule has 5 nitrogen and oxygen atoms in total. The number of halogens is 4. The number of aromatic nitrogens is 2. The summed E-state index contributed by atoms with van der Waals surface area (Å²) in [5, 5.41) is 9.92. The molecule has 124 valence electrons. The van der Waals surface area contributed by atoms with E-state index in [1.54, 1.807) is 6.92 Å². The highest BCUT2D eigenvalue weighted by atomic mass is 35.5. The molecule has 1 N–H and O–H groups in total. The van der Waals surface area contributed by atoms with E-state index in [9.17, 15) is 4.79 Å². The molecule has 9 heteroatoms. The van der Waals surface area contributed by atoms with Crippen LogP contribution in [0.1, 0.15) is 22.8 Å². The van der Waals surface area contributed by atoms with E-state index < -0.39 is 5.97 Å². The lowest BCUT2D eigenvalue weighted by atomic mass is 10.3. The van der Waals surface area contributed by atoms with Gasteiger partial charge in [0.05, 0.1) is 28.8 Å². The lowest BCUT2D eigenvalue weighted by Gasteiger charge is -2.02. The summed E-state index contributed by atoms with van der Waals surface area (Å²) in [5.41, 5.74) is 0.819. The SMILES string of the molecule is CCOC(=O)c1cnc(Cl)cc1Cl.OCc1cnc(Cl)cc1Cl. The van der Waals surface area contributed by atoms with E-state index >= 15 is 0 Å². The maximum atomic E-state index is 11.2. The normalized spacial score (nSPS) is 9.83. The van der Waals surface area contributed by atoms with Gasteiger partial charge in [0.15, 0.2) is 0 Å². The first kappa shape index (κ1) is 19.9. The minimum absolute atomic E-state index is 0.108. The lowest BCUT2D eigenvalue weighted by Crippen LogP contribution is -2.05. The van der Waals surface area contributed by atoms with E-state index in [1.165, 1.54) is 24.5 Å². The molecule has 0 radical (unpaired) electrons. The maximum absolute atomic E-state index is 11.2. The van der Waals surface area contributed by atoms with Crippen molar-refractivity contribution in [1.29, 1.82) is 0 Å². The Hall–Kier alpha value is -1.11. The number of nitrogens with zero attached hydrogens (tertiary/aromatic N) is 2. The maximum Gasteiger partial charge on any atom is 0.341 e. The Morgan fingerprint density at radius 3 is 2.13 bits per heavy atom. The smallest absolute Gasteiger partial charge is 0.341 e. The molecule has 0 saturated heterocycles. The Labute approximate surface area is 153 Å². The summed E-state index contributed by atoms with van der Waals surface area (Å²) in [6.07, 6.45) is 2.74. The van der Waals surface area contributed by atoms with E-state index in [-0.39, 0.29) is 22.3 Å². The number of carbonyl (C=O) groups excluding carboxylic acids is 1. The molecule has 0 spiro atoms. The molecule has 0 aliphatic carbocycles. The number of rotatable bonds is 3. The highest BCUT2D eigenvalue weighted by Crippen LogP contribution is 2.19. The van der Waals surface area contributed by atoms with Crippen LogP contribution in [0.3, 0.4) is 0 Å². The topological polar surface area (TPSA) is 72.3 Å². The largest absolute Gasteiger partial charge is 0.462 e. The molecular formula is C14H12Cl4N2O3. The minimum Gasteiger partial charge on any atom is -0.462 e. The van der Waals surface area contributed by atoms with Gasteiger partial charge in [-0.25, -0.2) is 14.8 Å². The second-order valence-electron chi connectivity index (χ2n) is 3.96. The molecule has 0 saturated carbocycles. The Bertz CT molecular complexity index is 683. The molecule has 0 fully saturated rings. The lowest BCUT2D eigenvalue weighted by molar-refractivity contribution is 0.0526. The van der Waals surface area contributed by atoms with Gasteiger partial charge in [-0.2, -0.15) is 0 Å². The van der Waals surface area contributed by atoms with Gasteiger partial charge in [-0.05, 0) is 19.1 Å². The molecule has 0 aliphatic rings. The molecule has 23 heavy (non-hydrogen) atoms. The number of aliphatic hydroxyl groups is 1. The van der Waals surface area contributed by atoms with E-state index in [0.29, 0.717) is 22.3 Å². The van der Waals surface area contributed by atoms with Crippen molar-refractivity contribution in [3.05, 3.63) is 56.0 Å². The van der Waals surface area contributed by atoms with Crippen molar-refractivity contribution in [2.45, 2.75) is 13.5 Å². The summed E-state index contributed by atoms with van der Waals surface area (Å²) in [5.74, 6) is -0.489. The zero-order valence-electron chi connectivity index (χ0n) is 11.9. The van der Waals surface area contributed by atoms with Crippen LogP contribution in [0.25, 0.3) is 0 Å². The Kier molecular flexibility index (Phi) is 8.58. The van der Waals surface area contributed by atoms with Crippen molar-refractivity contribution in [1.82, 2.24) is 9.97 Å². The molecule has 0 aromatic carbocycles. The van der Waals surface area contributed by atoms with Gasteiger partial charge in [-0.15, -0.1) is 0 Å². The summed E-state index contributed by atoms with van der Waals surface area (Å²) >= 11 is 22.4. The fraction of sp³-hybridized carbons (Fsp3) is 0.214. The number of aliphatic hydroxyl groups excluding tert-OH is 1. The second-order valence-corrected chi connectivity index (χ2v) is 5.55. The van der Waals surface area contributed by atoms with Crippen molar-refractivity contribution in [2.24, 2.45) is 0 Å². The number of carbonyl (C=O) groups is 1. The highest BCUT2D eigenvalue weighted by molar-refractivity contribution is 6.36. The highest BCUT2D eigenvalue weighted by Gasteiger charge is 2.11. The molecule has 2 aromatic rings. The number of hydrogen-bond acceptors (Lipinski definition) is 5. The van der Waals surface area contributed by atoms with Gasteiger partial charge in [-0.3, -0.25) is 0 Å². The van der Waals surface area contributed by atoms with Crippen LogP contribution in [0.2, 0.25) is 20.4 Å². The quantitative estimate of drug-likeness (QED) is 0.611. The fourth-order valence-electron chi connectivity index (χ4n) is 1.32. The number of hydrogen-bond donors (Lipinski definition) is 1. The van der Waals surface area contributed by atoms with Crippen LogP contribution in [0, 0.1) is 0 Å². The van der Waals surface area contributed by atoms with Crippen molar-refractivity contribution in [2.75, 3.05) is 6.61 Å². The first-order valence-electron chi connectivity index (χ1n) is 6.28. The fourth-order valence-corrected chi connectivity index (χ4v) is 2.19. The van der Waals surface area contributed by atoms with Crippen LogP contribution in [0.15, 0.2) is 24.5 Å². The molecular weight excluding hydrogens is 386 g/mol. The van der Waals surface area contributed by atoms with Gasteiger partial charge < -0.3 is 9.84 Å². The first-order chi connectivity index (χ1) is 10.9. The van der Waals surface area contributed by atoms with Gasteiger partial charge in [-0.1, -0.05) is 46.4 Å². The molecule has 2 rings (SSSR count). The average Bonchev–Trinajstić information content (AvgIpc) is 2.48. The monoisotopic (exact) mass is 396 g/mol. The molecule has 0 amide bonds. The second kappa shape index (κ2) is 9.90. The van der Waals surface area contributed by atoms with Crippen molar-refractivity contribution in [3.63, 3.8) is 0 Å². The standard InChI is InChI=1S/C8H7Cl2NO2.C6H5Cl2NO/c1-2-13-8(12)5-4-11-7(10)3-6(5)9;7-5-1-6(8)9-2-4(5)3-10/h3-4H,2H2,1H3;1-2,10H,3H2. The van der Waals surface area contributed by atoms with E-state index in [2.05, 4.69) is 9.97 Å². The predicted molar refractivity (Wildman–Crippen MR) is 90.4 cm³/mol. The van der Waals surface area contributed by atoms with Gasteiger partial charge >= 0.3 is 5.97 Å². The molecule has 0 atom stereocenters. The number of esters is 1. The molecule has 2 heterocycles. The Morgan fingerprint density at radius 1 is 1.09 bits per heavy atom. The van der Waals surface area contributed by atoms with Gasteiger partial charge in [0.2, 0.25) is 0 Å². The summed E-state index contributed by atoms with van der Waals surface area (Å²) in [7, 11) is 0. The minimum atomic E-state index is -0.489. The van der Waals surface area contributed by atoms with Crippen LogP contribution in [0.5, 0.6) is 0 Å². The predicted octanol–water partition coefficient (Wildman–Crippen LogP) is 4.45. The van der Waals surface area contributed by atoms with E-state index in [4.69, 9.17) is 56.2 Å². The molecule has 0 aliphatic heterocycles. The average molecular weight is 398 g/mol. The van der Waals surface area contributed by atoms with Crippen molar-refractivity contribution in [3.8, 4) is 0 Å². The Morgan fingerprint density at radius 2 is 1.65 bits per heavy atom. The third kappa shape index (κ3) is 6.49. The van der Waals surface area contributed by atoms with Crippen LogP contribution < -0.4 is 0 Å². The van der Waals surface area contributed by atoms with Gasteiger partial charge in [0.1, 0.15) is 10.3 Å². The number of pyridine rings is 2. The summed E-state index contributed by atoms with van der Waals surface area (Å²) < 4.78 is 4.74. The summed E-state index contributed by atoms with van der Waals surface area (Å²) in [6.45, 7) is 1.91. The van der Waals surface area contributed by atoms with Crippen molar-refractivity contribution >= 4 is 52.4 Å². The molecule has 0 bridgehead atoms. The summed E-state index contributed by atoms with van der Waals surface area (Å²) in [6, 6.07) is 2.89. The van der Waals surface area contributed by atoms with E-state index in [0.717, 1.165) is 0 Å². The Balaban J connectivity index is 0.000000238. The third-order valence-corrected chi connectivity index (χ3v) is 3.46. The van der Waals surface area contributed by atoms with E-state index in [1.807, 2.05) is 0 Å². The third-order valence-electron chi connectivity index (χ3n) is 2.38. The number of ether oxygens (including phenoxy) is 1. The van der Waals surface area contributed by atoms with Crippen LogP contribution in [0.4, 0.5) is 0 Å². The zero-order chi connectivity index (χ0) is 17.4. The van der Waals surface area contributed by atoms with Gasteiger partial charge in [0.25, 0.3) is 0 Å². The first-order valence-corrected chi connectivity index (χ1v) is 7.79. The van der Waals surface area contributed by atoms with Crippen LogP contribution in [-0.2, 0) is 11.3 Å². The van der Waals surface area contributed by atoms with Crippen molar-refractivity contribution < 1.29 is 14.6 Å². The zero-order valence-corrected chi connectivity index (χ0v) is 14.9. The molecule has 0 unspecified atom stereocenters. The van der Waals surface area contributed by atoms with Gasteiger partial charge in [0, 0.05) is 18.0 Å². The van der Waals surface area contributed by atoms with Crippen LogP contribution >= 0.6 is 46.4 Å². The van der Waals surface area contributed by atoms with Crippen LogP contribution in [-0.4, -0.2) is 27.7 Å². The summed E-state index contributed by atoms with van der Waals surface area (Å²) in [4.78, 5) is 18.6. The molecule has 2 aromatic heterocycles.